The Morgan fingerprint density at radius 3 is 2.58 bits per heavy atom. The number of hydrogen-bond acceptors (Lipinski definition) is 4. The van der Waals surface area contributed by atoms with E-state index in [1.54, 1.807) is 0 Å². The van der Waals surface area contributed by atoms with Gasteiger partial charge in [0.1, 0.15) is 6.04 Å². The molecule has 0 bridgehead atoms. The van der Waals surface area contributed by atoms with Crippen molar-refractivity contribution < 1.29 is 0 Å². The van der Waals surface area contributed by atoms with Gasteiger partial charge in [0.25, 0.3) is 0 Å². The first-order valence-electron chi connectivity index (χ1n) is 8.49. The molecule has 0 aromatic heterocycles. The molecule has 0 spiro atoms. The fraction of sp³-hybridized carbons (Fsp3) is 0.0952. The number of halogens is 1. The van der Waals surface area contributed by atoms with Gasteiger partial charge in [-0.2, -0.15) is 5.11 Å². The zero-order valence-corrected chi connectivity index (χ0v) is 15.4. The van der Waals surface area contributed by atoms with E-state index in [-0.39, 0.29) is 12.0 Å². The lowest BCUT2D eigenvalue weighted by Gasteiger charge is -2.24. The maximum Gasteiger partial charge on any atom is 0.152 e. The van der Waals surface area contributed by atoms with E-state index in [0.29, 0.717) is 0 Å². The summed E-state index contributed by atoms with van der Waals surface area (Å²) in [5, 5.41) is 10.9. The van der Waals surface area contributed by atoms with Gasteiger partial charge in [0.05, 0.1) is 5.70 Å². The van der Waals surface area contributed by atoms with Crippen molar-refractivity contribution in [1.82, 2.24) is 5.43 Å². The molecule has 26 heavy (non-hydrogen) atoms. The van der Waals surface area contributed by atoms with Crippen molar-refractivity contribution in [2.45, 2.75) is 12.0 Å². The van der Waals surface area contributed by atoms with E-state index in [9.17, 15) is 0 Å². The van der Waals surface area contributed by atoms with Gasteiger partial charge in [0.2, 0.25) is 0 Å². The van der Waals surface area contributed by atoms with Crippen molar-refractivity contribution in [1.29, 1.82) is 0 Å². The van der Waals surface area contributed by atoms with Gasteiger partial charge < -0.3 is 0 Å². The summed E-state index contributed by atoms with van der Waals surface area (Å²) in [5.74, 6) is 0.898. The Morgan fingerprint density at radius 2 is 1.69 bits per heavy atom. The Balaban J connectivity index is 1.67. The number of nitrogens with one attached hydrogen (secondary N) is 1. The predicted molar refractivity (Wildman–Crippen MR) is 108 cm³/mol. The molecule has 2 heterocycles. The van der Waals surface area contributed by atoms with Gasteiger partial charge >= 0.3 is 0 Å². The minimum absolute atomic E-state index is 0.0889. The van der Waals surface area contributed by atoms with E-state index in [4.69, 9.17) is 4.99 Å². The molecule has 0 saturated carbocycles. The Kier molecular flexibility index (Phi) is 3.68. The lowest BCUT2D eigenvalue weighted by Crippen LogP contribution is -2.31. The molecule has 0 unspecified atom stereocenters. The number of rotatable bonds is 2. The molecule has 0 fully saturated rings. The molecular weight excluding hydrogens is 388 g/mol. The second kappa shape index (κ2) is 6.18. The minimum atomic E-state index is -0.0972. The lowest BCUT2D eigenvalue weighted by molar-refractivity contribution is 0.741. The summed E-state index contributed by atoms with van der Waals surface area (Å²) >= 11 is 3.49. The second-order valence-electron chi connectivity index (χ2n) is 6.42. The molecule has 3 aromatic carbocycles. The summed E-state index contributed by atoms with van der Waals surface area (Å²) in [6, 6.07) is 23.0. The van der Waals surface area contributed by atoms with Crippen LogP contribution in [0.15, 0.2) is 92.6 Å². The number of hydrogen-bond donors (Lipinski definition) is 1. The van der Waals surface area contributed by atoms with Gasteiger partial charge in [-0.15, -0.1) is 0 Å². The van der Waals surface area contributed by atoms with Crippen LogP contribution in [-0.4, -0.2) is 11.9 Å². The van der Waals surface area contributed by atoms with Crippen LogP contribution in [0.5, 0.6) is 0 Å². The van der Waals surface area contributed by atoms with E-state index < -0.39 is 0 Å². The summed E-state index contributed by atoms with van der Waals surface area (Å²) in [6.45, 7) is 0. The molecular formula is C21H15BrN4. The van der Waals surface area contributed by atoms with Gasteiger partial charge in [-0.3, -0.25) is 0 Å². The van der Waals surface area contributed by atoms with E-state index in [2.05, 4.69) is 92.4 Å². The average molecular weight is 403 g/mol. The smallest absolute Gasteiger partial charge is 0.152 e. The third-order valence-corrected chi connectivity index (χ3v) is 5.40. The minimum Gasteiger partial charge on any atom is -0.244 e. The molecule has 5 rings (SSSR count). The fourth-order valence-electron chi connectivity index (χ4n) is 3.61. The van der Waals surface area contributed by atoms with Crippen LogP contribution in [0.4, 0.5) is 0 Å². The molecule has 2 atom stereocenters. The van der Waals surface area contributed by atoms with E-state index in [0.717, 1.165) is 21.6 Å². The van der Waals surface area contributed by atoms with Crippen molar-refractivity contribution in [3.05, 3.63) is 88.4 Å². The largest absolute Gasteiger partial charge is 0.244 e. The molecule has 5 heteroatoms. The fourth-order valence-corrected chi connectivity index (χ4v) is 3.87. The summed E-state index contributed by atoms with van der Waals surface area (Å²) in [5.41, 5.74) is 6.25. The average Bonchev–Trinajstić information content (AvgIpc) is 3.16. The molecule has 126 valence electrons. The predicted octanol–water partition coefficient (Wildman–Crippen LogP) is 5.48. The zero-order chi connectivity index (χ0) is 17.5. The third-order valence-electron chi connectivity index (χ3n) is 4.87. The van der Waals surface area contributed by atoms with Gasteiger partial charge in [0, 0.05) is 10.4 Å². The van der Waals surface area contributed by atoms with Crippen molar-refractivity contribution in [3.8, 4) is 0 Å². The van der Waals surface area contributed by atoms with Crippen LogP contribution in [0.2, 0.25) is 0 Å². The van der Waals surface area contributed by atoms with Crippen LogP contribution >= 0.6 is 15.9 Å². The highest BCUT2D eigenvalue weighted by molar-refractivity contribution is 9.10. The Bertz CT molecular complexity index is 1080. The van der Waals surface area contributed by atoms with Crippen LogP contribution in [-0.2, 0) is 0 Å². The monoisotopic (exact) mass is 402 g/mol. The first-order chi connectivity index (χ1) is 12.8. The van der Waals surface area contributed by atoms with Crippen molar-refractivity contribution in [3.63, 3.8) is 0 Å². The summed E-state index contributed by atoms with van der Waals surface area (Å²) < 4.78 is 1.05. The third kappa shape index (κ3) is 2.56. The Hall–Kier alpha value is -2.79. The highest BCUT2D eigenvalue weighted by Gasteiger charge is 2.34. The van der Waals surface area contributed by atoms with Crippen LogP contribution in [0, 0.1) is 0 Å². The molecule has 0 aliphatic carbocycles. The molecule has 0 amide bonds. The zero-order valence-electron chi connectivity index (χ0n) is 13.8. The Labute approximate surface area is 159 Å². The summed E-state index contributed by atoms with van der Waals surface area (Å²) in [6.07, 6.45) is 2.21. The highest BCUT2D eigenvalue weighted by atomic mass is 79.9. The van der Waals surface area contributed by atoms with E-state index >= 15 is 0 Å². The topological polar surface area (TPSA) is 49.1 Å². The molecule has 4 nitrogen and oxygen atoms in total. The molecule has 2 aliphatic rings. The van der Waals surface area contributed by atoms with Gasteiger partial charge in [-0.05, 0) is 40.1 Å². The standard InChI is InChI=1S/C21H15BrN4/c22-15-10-8-14(9-11-15)19-12-18(20-21(23-19)25-26-24-20)17-7-3-5-13-4-1-2-6-16(13)17/h1-12,18,20H,(H,23,24,25)/t18-,20-/m1/s1. The number of fused-ring (bicyclic) bond motifs is 2. The second-order valence-corrected chi connectivity index (χ2v) is 7.34. The number of benzene rings is 3. The molecule has 0 radical (unpaired) electrons. The molecule has 1 N–H and O–H groups in total. The van der Waals surface area contributed by atoms with Crippen LogP contribution < -0.4 is 5.43 Å². The number of nitrogens with zero attached hydrogens (tertiary/aromatic N) is 3. The van der Waals surface area contributed by atoms with Gasteiger partial charge in [-0.25, -0.2) is 10.4 Å². The van der Waals surface area contributed by atoms with Crippen molar-refractivity contribution in [2.24, 2.45) is 15.3 Å². The normalized spacial score (nSPS) is 21.1. The van der Waals surface area contributed by atoms with Crippen LogP contribution in [0.3, 0.4) is 0 Å². The first kappa shape index (κ1) is 15.5. The van der Waals surface area contributed by atoms with Gasteiger partial charge in [-0.1, -0.05) is 75.8 Å². The molecule has 0 saturated heterocycles. The van der Waals surface area contributed by atoms with E-state index in [1.807, 2.05) is 12.1 Å². The van der Waals surface area contributed by atoms with Gasteiger partial charge in [0.15, 0.2) is 5.84 Å². The first-order valence-corrected chi connectivity index (χ1v) is 9.29. The lowest BCUT2D eigenvalue weighted by atomic mass is 9.85. The van der Waals surface area contributed by atoms with Crippen molar-refractivity contribution >= 4 is 38.2 Å². The van der Waals surface area contributed by atoms with E-state index in [1.165, 1.54) is 16.3 Å². The summed E-state index contributed by atoms with van der Waals surface area (Å²) in [7, 11) is 0. The molecule has 2 aliphatic heterocycles. The quantitative estimate of drug-likeness (QED) is 0.606. The van der Waals surface area contributed by atoms with Crippen molar-refractivity contribution in [2.75, 3.05) is 0 Å². The maximum atomic E-state index is 4.76. The van der Waals surface area contributed by atoms with Crippen LogP contribution in [0.1, 0.15) is 17.0 Å². The number of amidine groups is 1. The highest BCUT2D eigenvalue weighted by Crippen LogP contribution is 2.37. The SMILES string of the molecule is Brc1ccc(C2=C[C@H](c3cccc4ccccc34)[C@H]3N=NNC3=N2)cc1. The maximum absolute atomic E-state index is 4.76. The molecule has 3 aromatic rings. The number of aliphatic imine (C=N–C) groups is 1. The Morgan fingerprint density at radius 1 is 0.885 bits per heavy atom. The summed E-state index contributed by atoms with van der Waals surface area (Å²) in [4.78, 5) is 4.76. The van der Waals surface area contributed by atoms with Crippen LogP contribution in [0.25, 0.3) is 16.5 Å².